The number of carbonyl (C=O) groups is 1. The van der Waals surface area contributed by atoms with Crippen LogP contribution in [0.2, 0.25) is 0 Å². The van der Waals surface area contributed by atoms with E-state index in [1.54, 1.807) is 12.4 Å². The Balaban J connectivity index is 1.66. The van der Waals surface area contributed by atoms with Crippen molar-refractivity contribution in [1.29, 1.82) is 0 Å². The van der Waals surface area contributed by atoms with Gasteiger partial charge in [0.25, 0.3) is 0 Å². The van der Waals surface area contributed by atoms with Crippen molar-refractivity contribution in [3.8, 4) is 34.0 Å². The minimum Gasteiger partial charge on any atom is -0.493 e. The first-order chi connectivity index (χ1) is 20.7. The molecule has 3 rings (SSSR count). The monoisotopic (exact) mass is 574 g/mol. The third-order valence-corrected chi connectivity index (χ3v) is 7.32. The standard InChI is InChI=1S/C36H50N2O4/c1-4-7-9-10-11-12-13-14-19-26-40-32-24-20-23-31(29-21-17-15-18-22-29)35(32)36-37-27-30(28-38-36)41-34(6-3)42-33(39)25-16-8-5-2/h15,17-18,20-24,27-28,34H,4-14,16,19,25-26H2,1-3H3/t34-/m0/s1. The Labute approximate surface area is 253 Å². The molecule has 6 heteroatoms. The second-order valence-corrected chi connectivity index (χ2v) is 10.9. The highest BCUT2D eigenvalue weighted by molar-refractivity contribution is 5.84. The van der Waals surface area contributed by atoms with Gasteiger partial charge in [-0.25, -0.2) is 9.97 Å². The number of ether oxygens (including phenoxy) is 3. The van der Waals surface area contributed by atoms with Crippen molar-refractivity contribution in [3.63, 3.8) is 0 Å². The molecule has 1 atom stereocenters. The summed E-state index contributed by atoms with van der Waals surface area (Å²) in [6, 6.07) is 16.3. The number of rotatable bonds is 21. The number of esters is 1. The highest BCUT2D eigenvalue weighted by Crippen LogP contribution is 2.38. The summed E-state index contributed by atoms with van der Waals surface area (Å²) in [5.41, 5.74) is 2.95. The first-order valence-corrected chi connectivity index (χ1v) is 16.2. The maximum atomic E-state index is 12.2. The molecule has 3 aromatic rings. The summed E-state index contributed by atoms with van der Waals surface area (Å²) in [7, 11) is 0. The van der Waals surface area contributed by atoms with Gasteiger partial charge >= 0.3 is 5.97 Å². The van der Waals surface area contributed by atoms with Crippen molar-refractivity contribution in [2.45, 2.75) is 117 Å². The van der Waals surface area contributed by atoms with Crippen LogP contribution in [0.3, 0.4) is 0 Å². The fraction of sp³-hybridized carbons (Fsp3) is 0.528. The van der Waals surface area contributed by atoms with Crippen LogP contribution in [-0.4, -0.2) is 28.8 Å². The topological polar surface area (TPSA) is 70.5 Å². The fourth-order valence-electron chi connectivity index (χ4n) is 4.91. The van der Waals surface area contributed by atoms with Gasteiger partial charge in [-0.05, 0) is 30.0 Å². The van der Waals surface area contributed by atoms with Gasteiger partial charge in [0.1, 0.15) is 5.75 Å². The molecule has 1 heterocycles. The second kappa shape index (κ2) is 19.7. The van der Waals surface area contributed by atoms with Crippen LogP contribution < -0.4 is 9.47 Å². The van der Waals surface area contributed by atoms with Gasteiger partial charge in [-0.15, -0.1) is 0 Å². The molecule has 0 saturated carbocycles. The fourth-order valence-corrected chi connectivity index (χ4v) is 4.91. The Morgan fingerprint density at radius 3 is 2.05 bits per heavy atom. The van der Waals surface area contributed by atoms with E-state index in [4.69, 9.17) is 14.2 Å². The average molecular weight is 575 g/mol. The van der Waals surface area contributed by atoms with Crippen molar-refractivity contribution in [3.05, 3.63) is 60.9 Å². The summed E-state index contributed by atoms with van der Waals surface area (Å²) in [6.45, 7) is 6.95. The van der Waals surface area contributed by atoms with E-state index in [2.05, 4.69) is 42.0 Å². The Morgan fingerprint density at radius 1 is 0.738 bits per heavy atom. The van der Waals surface area contributed by atoms with Crippen molar-refractivity contribution in [2.75, 3.05) is 6.61 Å². The zero-order valence-electron chi connectivity index (χ0n) is 26.0. The third kappa shape index (κ3) is 11.5. The lowest BCUT2D eigenvalue weighted by atomic mass is 9.98. The van der Waals surface area contributed by atoms with Crippen molar-refractivity contribution in [1.82, 2.24) is 9.97 Å². The molecule has 42 heavy (non-hydrogen) atoms. The number of hydrogen-bond donors (Lipinski definition) is 0. The lowest BCUT2D eigenvalue weighted by Gasteiger charge is -2.18. The summed E-state index contributed by atoms with van der Waals surface area (Å²) in [6.07, 6.45) is 17.9. The normalized spacial score (nSPS) is 11.7. The predicted octanol–water partition coefficient (Wildman–Crippen LogP) is 9.96. The Kier molecular flexibility index (Phi) is 15.5. The zero-order valence-corrected chi connectivity index (χ0v) is 26.0. The molecule has 1 aromatic heterocycles. The maximum absolute atomic E-state index is 12.2. The van der Waals surface area contributed by atoms with Crippen LogP contribution in [0, 0.1) is 0 Å². The van der Waals surface area contributed by atoms with E-state index in [0.717, 1.165) is 48.1 Å². The Bertz CT molecular complexity index is 1150. The number of unbranched alkanes of at least 4 members (excludes halogenated alkanes) is 10. The number of carbonyl (C=O) groups excluding carboxylic acids is 1. The molecule has 0 aliphatic rings. The van der Waals surface area contributed by atoms with Crippen molar-refractivity contribution in [2.24, 2.45) is 0 Å². The molecule has 0 N–H and O–H groups in total. The van der Waals surface area contributed by atoms with E-state index in [1.807, 2.05) is 37.3 Å². The molecule has 0 aliphatic heterocycles. The highest BCUT2D eigenvalue weighted by Gasteiger charge is 2.18. The third-order valence-electron chi connectivity index (χ3n) is 7.32. The quantitative estimate of drug-likeness (QED) is 0.0716. The van der Waals surface area contributed by atoms with Crippen LogP contribution >= 0.6 is 0 Å². The molecule has 2 aromatic carbocycles. The average Bonchev–Trinajstić information content (AvgIpc) is 3.02. The van der Waals surface area contributed by atoms with Crippen molar-refractivity contribution >= 4 is 5.97 Å². The van der Waals surface area contributed by atoms with Crippen molar-refractivity contribution < 1.29 is 19.0 Å². The maximum Gasteiger partial charge on any atom is 0.308 e. The number of nitrogens with zero attached hydrogens (tertiary/aromatic N) is 2. The molecule has 6 nitrogen and oxygen atoms in total. The van der Waals surface area contributed by atoms with Crippen LogP contribution in [0.4, 0.5) is 0 Å². The first-order valence-electron chi connectivity index (χ1n) is 16.2. The number of aromatic nitrogens is 2. The molecule has 0 bridgehead atoms. The van der Waals surface area contributed by atoms with Crippen LogP contribution in [0.5, 0.6) is 11.5 Å². The SMILES string of the molecule is CCCCCCCCCCCOc1cccc(-c2ccccc2)c1-c1ncc(O[C@H](CC)OC(=O)CCCCC)cn1. The van der Waals surface area contributed by atoms with Gasteiger partial charge in [-0.2, -0.15) is 0 Å². The van der Waals surface area contributed by atoms with Gasteiger partial charge in [0.2, 0.25) is 6.29 Å². The molecule has 0 spiro atoms. The van der Waals surface area contributed by atoms with Crippen LogP contribution in [0.15, 0.2) is 60.9 Å². The summed E-state index contributed by atoms with van der Waals surface area (Å²) in [5.74, 6) is 1.56. The molecule has 0 saturated heterocycles. The Hall–Kier alpha value is -3.41. The van der Waals surface area contributed by atoms with Gasteiger partial charge in [-0.1, -0.05) is 127 Å². The van der Waals surface area contributed by atoms with Gasteiger partial charge < -0.3 is 14.2 Å². The van der Waals surface area contributed by atoms with E-state index >= 15 is 0 Å². The van der Waals surface area contributed by atoms with Gasteiger partial charge in [0.05, 0.1) is 24.6 Å². The molecule has 0 aliphatic carbocycles. The van der Waals surface area contributed by atoms with Crippen LogP contribution in [0.1, 0.15) is 111 Å². The van der Waals surface area contributed by atoms with Gasteiger partial charge in [0, 0.05) is 12.8 Å². The van der Waals surface area contributed by atoms with Gasteiger partial charge in [-0.3, -0.25) is 4.79 Å². The predicted molar refractivity (Wildman–Crippen MR) is 171 cm³/mol. The highest BCUT2D eigenvalue weighted by atomic mass is 16.7. The molecule has 228 valence electrons. The molecular weight excluding hydrogens is 524 g/mol. The summed E-state index contributed by atoms with van der Waals surface area (Å²) >= 11 is 0. The zero-order chi connectivity index (χ0) is 29.8. The minimum absolute atomic E-state index is 0.238. The van der Waals surface area contributed by atoms with E-state index in [-0.39, 0.29) is 5.97 Å². The van der Waals surface area contributed by atoms with E-state index in [1.165, 1.54) is 51.4 Å². The molecule has 0 amide bonds. The minimum atomic E-state index is -0.666. The summed E-state index contributed by atoms with van der Waals surface area (Å²) in [5, 5.41) is 0. The largest absolute Gasteiger partial charge is 0.493 e. The molecule has 0 fully saturated rings. The van der Waals surface area contributed by atoms with Crippen LogP contribution in [-0.2, 0) is 9.53 Å². The van der Waals surface area contributed by atoms with Gasteiger partial charge in [0.15, 0.2) is 11.6 Å². The Morgan fingerprint density at radius 2 is 1.38 bits per heavy atom. The molecule has 0 radical (unpaired) electrons. The number of hydrogen-bond acceptors (Lipinski definition) is 6. The van der Waals surface area contributed by atoms with E-state index < -0.39 is 6.29 Å². The molecular formula is C36H50N2O4. The lowest BCUT2D eigenvalue weighted by molar-refractivity contribution is -0.164. The number of benzene rings is 2. The first kappa shape index (κ1) is 33.1. The summed E-state index contributed by atoms with van der Waals surface area (Å²) in [4.78, 5) is 21.5. The lowest BCUT2D eigenvalue weighted by Crippen LogP contribution is -2.23. The molecule has 0 unspecified atom stereocenters. The van der Waals surface area contributed by atoms with E-state index in [0.29, 0.717) is 31.0 Å². The van der Waals surface area contributed by atoms with Crippen LogP contribution in [0.25, 0.3) is 22.5 Å². The summed E-state index contributed by atoms with van der Waals surface area (Å²) < 4.78 is 17.8. The second-order valence-electron chi connectivity index (χ2n) is 10.9. The smallest absolute Gasteiger partial charge is 0.308 e. The van der Waals surface area contributed by atoms with E-state index in [9.17, 15) is 4.79 Å².